The summed E-state index contributed by atoms with van der Waals surface area (Å²) in [4.78, 5) is 9.64. The molecule has 21 nitrogen and oxygen atoms in total. The number of hydrogen-bond donors (Lipinski definition) is 10. The Labute approximate surface area is 350 Å². The van der Waals surface area contributed by atoms with Gasteiger partial charge in [0, 0.05) is 47.0 Å². The third-order valence-corrected chi connectivity index (χ3v) is 9.76. The number of aliphatic hydroxyl groups excluding tert-OH is 10. The van der Waals surface area contributed by atoms with E-state index in [1.165, 1.54) is 27.5 Å². The molecule has 2 aliphatic heterocycles. The van der Waals surface area contributed by atoms with E-state index in [9.17, 15) is 30.6 Å². The third kappa shape index (κ3) is 18.6. The average molecular weight is 869 g/mol. The highest BCUT2D eigenvalue weighted by atomic mass is 16.7. The van der Waals surface area contributed by atoms with Crippen LogP contribution in [-0.4, -0.2) is 210 Å². The lowest BCUT2D eigenvalue weighted by Gasteiger charge is -2.31. The van der Waals surface area contributed by atoms with Crippen LogP contribution in [0.1, 0.15) is 81.1 Å². The van der Waals surface area contributed by atoms with Crippen LogP contribution in [-0.2, 0) is 42.8 Å². The van der Waals surface area contributed by atoms with Crippen molar-refractivity contribution in [2.24, 2.45) is 16.2 Å². The fourth-order valence-electron chi connectivity index (χ4n) is 5.60. The van der Waals surface area contributed by atoms with Crippen LogP contribution in [0.3, 0.4) is 0 Å². The van der Waals surface area contributed by atoms with Gasteiger partial charge in [-0.3, -0.25) is 0 Å². The zero-order valence-corrected chi connectivity index (χ0v) is 36.0. The first-order valence-corrected chi connectivity index (χ1v) is 19.5. The Hall–Kier alpha value is -1.74. The standard InChI is InChI=1S/C11H23NO4.C10H21NO5.2C8H16O5.CH4/c1-4-11(9-14,15-3)6-10(8-13)7-12-16-5-2;1-4-9(6-11-15-5-2)16-10(7-12,8-13)14-3;1-3-8(12-2)7(11)6(10)5(4-9)13-8;1-3-5-6(10)7(11)8(4-9,12-2)13-5;/h7,10,13-14H,4-6,8-9H2,1-3H3;6,9,12-13H,4-5,7-8H2,1-3H3;2*5-7,9-11H,3-4H2,1-2H3;1H4/b12-7+;11-6+;;;/t10?,11-;9-;2*5-,6+,7+,8-;/m1111./s1. The number of oxime groups is 2. The van der Waals surface area contributed by atoms with Crippen molar-refractivity contribution >= 4 is 12.4 Å². The number of nitrogens with zero attached hydrogens (tertiary/aromatic N) is 2. The molecular weight excluding hydrogens is 788 g/mol. The molecule has 0 radical (unpaired) electrons. The van der Waals surface area contributed by atoms with E-state index in [0.29, 0.717) is 45.3 Å². The molecule has 0 spiro atoms. The van der Waals surface area contributed by atoms with E-state index in [-0.39, 0.29) is 39.3 Å². The quantitative estimate of drug-likeness (QED) is 0.0325. The summed E-state index contributed by atoms with van der Waals surface area (Å²) in [7, 11) is 5.65. The van der Waals surface area contributed by atoms with Crippen LogP contribution in [0.4, 0.5) is 0 Å². The van der Waals surface area contributed by atoms with Crippen molar-refractivity contribution in [2.45, 2.75) is 147 Å². The molecule has 0 aromatic carbocycles. The maximum atomic E-state index is 9.60. The molecule has 0 aliphatic carbocycles. The fourth-order valence-corrected chi connectivity index (χ4v) is 5.60. The predicted octanol–water partition coefficient (Wildman–Crippen LogP) is -0.734. The van der Waals surface area contributed by atoms with Crippen LogP contribution in [0.5, 0.6) is 0 Å². The Morgan fingerprint density at radius 3 is 1.49 bits per heavy atom. The van der Waals surface area contributed by atoms with Gasteiger partial charge in [-0.25, -0.2) is 0 Å². The molecule has 10 N–H and O–H groups in total. The van der Waals surface area contributed by atoms with Gasteiger partial charge in [-0.15, -0.1) is 0 Å². The Kier molecular flexibility index (Phi) is 34.3. The van der Waals surface area contributed by atoms with E-state index in [1.54, 1.807) is 20.2 Å². The van der Waals surface area contributed by atoms with Crippen LogP contribution >= 0.6 is 0 Å². The molecule has 2 aliphatic rings. The van der Waals surface area contributed by atoms with Crippen molar-refractivity contribution in [1.82, 2.24) is 0 Å². The Bertz CT molecular complexity index is 948. The summed E-state index contributed by atoms with van der Waals surface area (Å²) in [6.07, 6.45) is -0.214. The summed E-state index contributed by atoms with van der Waals surface area (Å²) in [5.41, 5.74) is -0.606. The van der Waals surface area contributed by atoms with Crippen molar-refractivity contribution in [3.63, 3.8) is 0 Å². The van der Waals surface area contributed by atoms with Crippen molar-refractivity contribution in [3.05, 3.63) is 0 Å². The van der Waals surface area contributed by atoms with Crippen molar-refractivity contribution < 1.29 is 93.9 Å². The average Bonchev–Trinajstić information content (AvgIpc) is 3.67. The first-order chi connectivity index (χ1) is 27.6. The van der Waals surface area contributed by atoms with Gasteiger partial charge in [-0.1, -0.05) is 45.4 Å². The molecule has 0 aromatic heterocycles. The molecule has 21 heteroatoms. The normalized spacial score (nSPS) is 28.6. The second-order valence-electron chi connectivity index (χ2n) is 13.2. The highest BCUT2D eigenvalue weighted by molar-refractivity contribution is 5.62. The molecule has 0 saturated carbocycles. The monoisotopic (exact) mass is 869 g/mol. The van der Waals surface area contributed by atoms with Crippen molar-refractivity contribution in [3.8, 4) is 0 Å². The first-order valence-electron chi connectivity index (χ1n) is 19.5. The molecule has 2 heterocycles. The Morgan fingerprint density at radius 1 is 0.695 bits per heavy atom. The largest absolute Gasteiger partial charge is 0.396 e. The zero-order valence-electron chi connectivity index (χ0n) is 36.0. The summed E-state index contributed by atoms with van der Waals surface area (Å²) in [5.74, 6) is -4.19. The topological polar surface area (TPSA) is 310 Å². The number of ether oxygens (including phenoxy) is 7. The van der Waals surface area contributed by atoms with Crippen LogP contribution in [0, 0.1) is 5.92 Å². The minimum Gasteiger partial charge on any atom is -0.396 e. The van der Waals surface area contributed by atoms with Gasteiger partial charge in [0.1, 0.15) is 50.3 Å². The zero-order chi connectivity index (χ0) is 45.0. The second kappa shape index (κ2) is 32.9. The number of aliphatic hydroxyl groups is 10. The van der Waals surface area contributed by atoms with E-state index < -0.39 is 79.4 Å². The van der Waals surface area contributed by atoms with Crippen LogP contribution in [0.2, 0.25) is 0 Å². The van der Waals surface area contributed by atoms with E-state index in [1.807, 2.05) is 34.6 Å². The van der Waals surface area contributed by atoms with Gasteiger partial charge in [-0.05, 0) is 39.5 Å². The van der Waals surface area contributed by atoms with E-state index in [2.05, 4.69) is 10.3 Å². The molecule has 0 amide bonds. The molecule has 2 fully saturated rings. The van der Waals surface area contributed by atoms with Crippen LogP contribution in [0.15, 0.2) is 10.3 Å². The van der Waals surface area contributed by atoms with Gasteiger partial charge in [0.15, 0.2) is 5.79 Å². The van der Waals surface area contributed by atoms with Crippen LogP contribution < -0.4 is 0 Å². The van der Waals surface area contributed by atoms with Crippen LogP contribution in [0.25, 0.3) is 0 Å². The Morgan fingerprint density at radius 2 is 1.20 bits per heavy atom. The molecule has 356 valence electrons. The lowest BCUT2D eigenvalue weighted by atomic mass is 9.89. The molecule has 2 rings (SSSR count). The number of methoxy groups -OCH3 is 4. The van der Waals surface area contributed by atoms with E-state index in [0.717, 1.165) is 0 Å². The smallest absolute Gasteiger partial charge is 0.221 e. The van der Waals surface area contributed by atoms with Crippen molar-refractivity contribution in [1.29, 1.82) is 0 Å². The Balaban J connectivity index is -0.000000707. The first kappa shape index (κ1) is 61.6. The molecule has 0 aromatic rings. The van der Waals surface area contributed by atoms with E-state index in [4.69, 9.17) is 63.3 Å². The molecule has 2 saturated heterocycles. The van der Waals surface area contributed by atoms with Crippen molar-refractivity contribution in [2.75, 3.05) is 81.3 Å². The lowest BCUT2D eigenvalue weighted by Crippen LogP contribution is -2.47. The molecule has 59 heavy (non-hydrogen) atoms. The molecule has 11 atom stereocenters. The maximum absolute atomic E-state index is 9.60. The molecule has 1 unspecified atom stereocenters. The number of rotatable bonds is 24. The molecular formula is C38H80N2O19. The summed E-state index contributed by atoms with van der Waals surface area (Å²) >= 11 is 0. The summed E-state index contributed by atoms with van der Waals surface area (Å²) < 4.78 is 36.1. The van der Waals surface area contributed by atoms with Gasteiger partial charge < -0.3 is 93.9 Å². The van der Waals surface area contributed by atoms with Gasteiger partial charge in [-0.2, -0.15) is 0 Å². The van der Waals surface area contributed by atoms with Gasteiger partial charge in [0.25, 0.3) is 0 Å². The minimum absolute atomic E-state index is 0. The lowest BCUT2D eigenvalue weighted by molar-refractivity contribution is -0.267. The SMILES string of the molecule is C.CCO/N=C/C(CO)C[C@](CC)(CO)OC.CCO/N=C/[C@@H](CC)OC(CO)(CO)OC.CC[C@@]1(OC)O[C@H](CO)[C@H](O)[C@@H]1O.CC[C@H]1O[C@@](CO)(OC)[C@@H](O)[C@H]1O. The van der Waals surface area contributed by atoms with Gasteiger partial charge >= 0.3 is 0 Å². The summed E-state index contributed by atoms with van der Waals surface area (Å²) in [6.45, 7) is 10.3. The van der Waals surface area contributed by atoms with Gasteiger partial charge in [0.2, 0.25) is 11.6 Å². The minimum atomic E-state index is -1.46. The highest BCUT2D eigenvalue weighted by Crippen LogP contribution is 2.35. The predicted molar refractivity (Wildman–Crippen MR) is 216 cm³/mol. The third-order valence-electron chi connectivity index (χ3n) is 9.76. The maximum Gasteiger partial charge on any atom is 0.221 e. The van der Waals surface area contributed by atoms with E-state index >= 15 is 0 Å². The summed E-state index contributed by atoms with van der Waals surface area (Å²) in [5, 5.41) is 100. The highest BCUT2D eigenvalue weighted by Gasteiger charge is 2.54. The second-order valence-corrected chi connectivity index (χ2v) is 13.2. The summed E-state index contributed by atoms with van der Waals surface area (Å²) in [6, 6.07) is 0. The fraction of sp³-hybridized carbons (Fsp3) is 0.947. The van der Waals surface area contributed by atoms with Gasteiger partial charge in [0.05, 0.1) is 57.1 Å². The number of hydrogen-bond acceptors (Lipinski definition) is 21. The molecule has 0 bridgehead atoms.